The summed E-state index contributed by atoms with van der Waals surface area (Å²) in [6, 6.07) is 7.57. The van der Waals surface area contributed by atoms with Gasteiger partial charge in [0.25, 0.3) is 0 Å². The van der Waals surface area contributed by atoms with Crippen molar-refractivity contribution in [1.29, 1.82) is 0 Å². The Morgan fingerprint density at radius 3 is 2.57 bits per heavy atom. The summed E-state index contributed by atoms with van der Waals surface area (Å²) in [4.78, 5) is 11.9. The van der Waals surface area contributed by atoms with Crippen LogP contribution in [0.3, 0.4) is 0 Å². The second kappa shape index (κ2) is 7.88. The summed E-state index contributed by atoms with van der Waals surface area (Å²) in [7, 11) is 1.59. The van der Waals surface area contributed by atoms with Crippen LogP contribution in [0.4, 0.5) is 0 Å². The van der Waals surface area contributed by atoms with Gasteiger partial charge in [0.2, 0.25) is 5.91 Å². The molecule has 0 radical (unpaired) electrons. The lowest BCUT2D eigenvalue weighted by Gasteiger charge is -2.26. The van der Waals surface area contributed by atoms with E-state index in [1.165, 1.54) is 0 Å². The molecule has 2 rings (SSSR count). The van der Waals surface area contributed by atoms with Gasteiger partial charge in [-0.2, -0.15) is 0 Å². The average molecular weight is 293 g/mol. The normalized spacial score (nSPS) is 21.6. The van der Waals surface area contributed by atoms with Gasteiger partial charge in [-0.1, -0.05) is 12.1 Å². The fourth-order valence-electron chi connectivity index (χ4n) is 2.51. The van der Waals surface area contributed by atoms with E-state index in [4.69, 9.17) is 9.47 Å². The van der Waals surface area contributed by atoms with E-state index < -0.39 is 0 Å². The Labute approximate surface area is 125 Å². The van der Waals surface area contributed by atoms with Gasteiger partial charge in [-0.15, -0.1) is 0 Å². The van der Waals surface area contributed by atoms with Gasteiger partial charge in [0.1, 0.15) is 0 Å². The fourth-order valence-corrected chi connectivity index (χ4v) is 2.51. The zero-order valence-electron chi connectivity index (χ0n) is 12.4. The van der Waals surface area contributed by atoms with Crippen molar-refractivity contribution in [3.8, 4) is 11.5 Å². The molecule has 21 heavy (non-hydrogen) atoms. The number of carbonyl (C=O) groups excluding carboxylic acids is 1. The number of nitrogens with one attached hydrogen (secondary N) is 1. The number of para-hydroxylation sites is 2. The molecule has 1 aliphatic rings. The highest BCUT2D eigenvalue weighted by molar-refractivity contribution is 5.76. The minimum Gasteiger partial charge on any atom is -0.493 e. The number of aliphatic hydroxyl groups is 1. The van der Waals surface area contributed by atoms with E-state index in [9.17, 15) is 9.90 Å². The lowest BCUT2D eigenvalue weighted by atomic mass is 9.93. The van der Waals surface area contributed by atoms with Crippen LogP contribution in [0.1, 0.15) is 32.1 Å². The van der Waals surface area contributed by atoms with Crippen LogP contribution in [0.15, 0.2) is 24.3 Å². The molecule has 0 bridgehead atoms. The molecule has 5 nitrogen and oxygen atoms in total. The molecule has 1 aromatic carbocycles. The van der Waals surface area contributed by atoms with Crippen molar-refractivity contribution in [2.75, 3.05) is 13.7 Å². The Balaban J connectivity index is 1.69. The molecule has 0 saturated heterocycles. The Morgan fingerprint density at radius 1 is 1.24 bits per heavy atom. The summed E-state index contributed by atoms with van der Waals surface area (Å²) >= 11 is 0. The molecule has 0 aliphatic heterocycles. The summed E-state index contributed by atoms with van der Waals surface area (Å²) in [5, 5.41) is 12.4. The molecule has 2 N–H and O–H groups in total. The number of ether oxygens (including phenoxy) is 2. The molecule has 0 aromatic heterocycles. The van der Waals surface area contributed by atoms with Gasteiger partial charge in [0, 0.05) is 6.04 Å². The van der Waals surface area contributed by atoms with Crippen molar-refractivity contribution in [2.24, 2.45) is 0 Å². The predicted molar refractivity (Wildman–Crippen MR) is 79.5 cm³/mol. The highest BCUT2D eigenvalue weighted by atomic mass is 16.5. The lowest BCUT2D eigenvalue weighted by molar-refractivity contribution is -0.122. The third kappa shape index (κ3) is 4.93. The number of hydrogen-bond acceptors (Lipinski definition) is 4. The number of aliphatic hydroxyl groups excluding tert-OH is 1. The molecule has 116 valence electrons. The quantitative estimate of drug-likeness (QED) is 0.840. The smallest absolute Gasteiger partial charge is 0.223 e. The largest absolute Gasteiger partial charge is 0.493 e. The number of hydrogen-bond donors (Lipinski definition) is 2. The SMILES string of the molecule is COc1ccccc1OCCC(=O)NC1CCC(O)CC1. The minimum absolute atomic E-state index is 0.00807. The zero-order chi connectivity index (χ0) is 15.1. The van der Waals surface area contributed by atoms with Gasteiger partial charge < -0.3 is 19.9 Å². The molecule has 0 spiro atoms. The molecule has 0 heterocycles. The van der Waals surface area contributed by atoms with Crippen LogP contribution in [0.25, 0.3) is 0 Å². The summed E-state index contributed by atoms with van der Waals surface area (Å²) < 4.78 is 10.8. The highest BCUT2D eigenvalue weighted by Gasteiger charge is 2.20. The first-order valence-electron chi connectivity index (χ1n) is 7.42. The Kier molecular flexibility index (Phi) is 5.87. The summed E-state index contributed by atoms with van der Waals surface area (Å²) in [6.07, 6.45) is 3.34. The van der Waals surface area contributed by atoms with Crippen LogP contribution in [0, 0.1) is 0 Å². The van der Waals surface area contributed by atoms with E-state index in [1.807, 2.05) is 24.3 Å². The van der Waals surface area contributed by atoms with Gasteiger partial charge in [0.15, 0.2) is 11.5 Å². The summed E-state index contributed by atoms with van der Waals surface area (Å²) in [5.41, 5.74) is 0. The predicted octanol–water partition coefficient (Wildman–Crippen LogP) is 1.88. The van der Waals surface area contributed by atoms with Crippen LogP contribution in [0.2, 0.25) is 0 Å². The van der Waals surface area contributed by atoms with E-state index >= 15 is 0 Å². The van der Waals surface area contributed by atoms with Crippen molar-refractivity contribution in [1.82, 2.24) is 5.32 Å². The van der Waals surface area contributed by atoms with Gasteiger partial charge in [0.05, 0.1) is 26.2 Å². The molecular weight excluding hydrogens is 270 g/mol. The Bertz CT molecular complexity index is 455. The first-order chi connectivity index (χ1) is 10.2. The number of rotatable bonds is 6. The van der Waals surface area contributed by atoms with Crippen LogP contribution >= 0.6 is 0 Å². The first kappa shape index (κ1) is 15.6. The topological polar surface area (TPSA) is 67.8 Å². The van der Waals surface area contributed by atoms with Crippen molar-refractivity contribution in [2.45, 2.75) is 44.2 Å². The number of methoxy groups -OCH3 is 1. The first-order valence-corrected chi connectivity index (χ1v) is 7.42. The molecular formula is C16H23NO4. The Hall–Kier alpha value is -1.75. The maximum Gasteiger partial charge on any atom is 0.223 e. The molecule has 1 fully saturated rings. The fraction of sp³-hybridized carbons (Fsp3) is 0.562. The van der Waals surface area contributed by atoms with Gasteiger partial charge in [-0.3, -0.25) is 4.79 Å². The maximum absolute atomic E-state index is 11.9. The van der Waals surface area contributed by atoms with E-state index in [-0.39, 0.29) is 18.1 Å². The molecule has 5 heteroatoms. The van der Waals surface area contributed by atoms with Gasteiger partial charge in [-0.05, 0) is 37.8 Å². The van der Waals surface area contributed by atoms with Crippen molar-refractivity contribution in [3.63, 3.8) is 0 Å². The van der Waals surface area contributed by atoms with E-state index in [1.54, 1.807) is 7.11 Å². The second-order valence-corrected chi connectivity index (χ2v) is 5.32. The van der Waals surface area contributed by atoms with E-state index in [2.05, 4.69) is 5.32 Å². The molecule has 0 unspecified atom stereocenters. The van der Waals surface area contributed by atoms with Gasteiger partial charge in [-0.25, -0.2) is 0 Å². The van der Waals surface area contributed by atoms with E-state index in [0.717, 1.165) is 25.7 Å². The van der Waals surface area contributed by atoms with Crippen LogP contribution in [-0.2, 0) is 4.79 Å². The maximum atomic E-state index is 11.9. The van der Waals surface area contributed by atoms with Crippen molar-refractivity contribution in [3.05, 3.63) is 24.3 Å². The number of benzene rings is 1. The van der Waals surface area contributed by atoms with E-state index in [0.29, 0.717) is 24.5 Å². The molecule has 1 aliphatic carbocycles. The molecule has 1 saturated carbocycles. The van der Waals surface area contributed by atoms with Gasteiger partial charge >= 0.3 is 0 Å². The number of amides is 1. The molecule has 1 aromatic rings. The average Bonchev–Trinajstić information content (AvgIpc) is 2.50. The lowest BCUT2D eigenvalue weighted by Crippen LogP contribution is -2.39. The van der Waals surface area contributed by atoms with Crippen LogP contribution in [0.5, 0.6) is 11.5 Å². The van der Waals surface area contributed by atoms with Crippen LogP contribution in [-0.4, -0.2) is 36.9 Å². The Morgan fingerprint density at radius 2 is 1.90 bits per heavy atom. The molecule has 0 atom stereocenters. The third-order valence-electron chi connectivity index (χ3n) is 3.72. The second-order valence-electron chi connectivity index (χ2n) is 5.32. The summed E-state index contributed by atoms with van der Waals surface area (Å²) in [6.45, 7) is 0.321. The van der Waals surface area contributed by atoms with Crippen LogP contribution < -0.4 is 14.8 Å². The monoisotopic (exact) mass is 293 g/mol. The highest BCUT2D eigenvalue weighted by Crippen LogP contribution is 2.25. The molecule has 1 amide bonds. The standard InChI is InChI=1S/C16H23NO4/c1-20-14-4-2-3-5-15(14)21-11-10-16(19)17-12-6-8-13(18)9-7-12/h2-5,12-13,18H,6-11H2,1H3,(H,17,19). The number of carbonyl (C=O) groups is 1. The summed E-state index contributed by atoms with van der Waals surface area (Å²) in [5.74, 6) is 1.30. The minimum atomic E-state index is -0.202. The zero-order valence-corrected chi connectivity index (χ0v) is 12.4. The van der Waals surface area contributed by atoms with Crippen molar-refractivity contribution < 1.29 is 19.4 Å². The third-order valence-corrected chi connectivity index (χ3v) is 3.72. The van der Waals surface area contributed by atoms with Crippen molar-refractivity contribution >= 4 is 5.91 Å².